The van der Waals surface area contributed by atoms with E-state index in [2.05, 4.69) is 0 Å². The molecule has 0 heterocycles. The van der Waals surface area contributed by atoms with Crippen molar-refractivity contribution in [3.05, 3.63) is 119 Å². The lowest BCUT2D eigenvalue weighted by Gasteiger charge is -2.01. The summed E-state index contributed by atoms with van der Waals surface area (Å²) in [5.41, 5.74) is 6.39. The molecule has 0 unspecified atom stereocenters. The van der Waals surface area contributed by atoms with Gasteiger partial charge in [-0.3, -0.25) is 10.1 Å². The number of non-ortho nitro benzene ring substituents is 1. The molecule has 4 rings (SSSR count). The summed E-state index contributed by atoms with van der Waals surface area (Å²) >= 11 is 3.01. The van der Waals surface area contributed by atoms with Crippen molar-refractivity contribution in [2.75, 3.05) is 5.73 Å². The topological polar surface area (TPSA) is 69.2 Å². The average Bonchev–Trinajstić information content (AvgIpc) is 2.79. The Morgan fingerprint density at radius 1 is 0.594 bits per heavy atom. The van der Waals surface area contributed by atoms with Crippen LogP contribution in [0.1, 0.15) is 0 Å². The fraction of sp³-hybridized carbons (Fsp3) is 0. The molecule has 0 amide bonds. The number of nitrogen functional groups attached to an aromatic ring is 1. The number of nitrogens with zero attached hydrogens (tertiary/aromatic N) is 1. The highest BCUT2D eigenvalue weighted by molar-refractivity contribution is 7.99. The Morgan fingerprint density at radius 2 is 0.906 bits per heavy atom. The van der Waals surface area contributed by atoms with Gasteiger partial charge >= 0.3 is 0 Å². The summed E-state index contributed by atoms with van der Waals surface area (Å²) in [6, 6.07) is 26.4. The Balaban J connectivity index is 0.000000182. The Hall–Kier alpha value is -3.36. The van der Waals surface area contributed by atoms with Crippen molar-refractivity contribution >= 4 is 34.9 Å². The van der Waals surface area contributed by atoms with Crippen LogP contribution in [0.25, 0.3) is 0 Å². The summed E-state index contributed by atoms with van der Waals surface area (Å²) in [5.74, 6) is -0.491. The van der Waals surface area contributed by atoms with Crippen LogP contribution in [-0.2, 0) is 0 Å². The lowest BCUT2D eigenvalue weighted by atomic mass is 10.3. The van der Waals surface area contributed by atoms with Crippen molar-refractivity contribution in [2.24, 2.45) is 0 Å². The van der Waals surface area contributed by atoms with Crippen LogP contribution >= 0.6 is 23.5 Å². The number of rotatable bonds is 5. The van der Waals surface area contributed by atoms with Crippen molar-refractivity contribution < 1.29 is 13.7 Å². The number of nitrogens with two attached hydrogens (primary N) is 1. The van der Waals surface area contributed by atoms with Crippen LogP contribution in [0.2, 0.25) is 0 Å². The van der Waals surface area contributed by atoms with Crippen LogP contribution in [0.3, 0.4) is 0 Å². The number of halogens is 2. The predicted octanol–water partition coefficient (Wildman–Crippen LogP) is 7.44. The third kappa shape index (κ3) is 7.40. The molecule has 0 fully saturated rings. The van der Waals surface area contributed by atoms with Gasteiger partial charge in [-0.2, -0.15) is 0 Å². The first-order chi connectivity index (χ1) is 15.4. The van der Waals surface area contributed by atoms with E-state index in [-0.39, 0.29) is 17.3 Å². The number of nitro benzene ring substituents is 1. The second kappa shape index (κ2) is 11.3. The van der Waals surface area contributed by atoms with E-state index in [1.807, 2.05) is 24.3 Å². The highest BCUT2D eigenvalue weighted by Crippen LogP contribution is 2.29. The quantitative estimate of drug-likeness (QED) is 0.187. The Bertz CT molecular complexity index is 1110. The molecule has 0 saturated heterocycles. The monoisotopic (exact) mass is 468 g/mol. The fourth-order valence-corrected chi connectivity index (χ4v) is 4.08. The number of hydrogen-bond acceptors (Lipinski definition) is 5. The van der Waals surface area contributed by atoms with Crippen molar-refractivity contribution in [3.8, 4) is 0 Å². The molecular formula is C24H18F2N2O2S2. The predicted molar refractivity (Wildman–Crippen MR) is 125 cm³/mol. The second-order valence-electron chi connectivity index (χ2n) is 6.43. The van der Waals surface area contributed by atoms with Crippen LogP contribution < -0.4 is 5.73 Å². The van der Waals surface area contributed by atoms with Gasteiger partial charge in [0, 0.05) is 37.4 Å². The molecule has 2 N–H and O–H groups in total. The van der Waals surface area contributed by atoms with Crippen molar-refractivity contribution in [2.45, 2.75) is 19.6 Å². The first-order valence-electron chi connectivity index (χ1n) is 9.36. The Labute approximate surface area is 192 Å². The van der Waals surface area contributed by atoms with E-state index < -0.39 is 4.92 Å². The van der Waals surface area contributed by atoms with Crippen molar-refractivity contribution in [3.63, 3.8) is 0 Å². The smallest absolute Gasteiger partial charge is 0.269 e. The molecule has 4 nitrogen and oxygen atoms in total. The molecule has 0 aliphatic rings. The summed E-state index contributed by atoms with van der Waals surface area (Å²) in [6.45, 7) is 0. The van der Waals surface area contributed by atoms with Crippen LogP contribution in [-0.4, -0.2) is 4.92 Å². The molecule has 4 aromatic rings. The molecule has 162 valence electrons. The molecule has 8 heteroatoms. The molecule has 0 atom stereocenters. The van der Waals surface area contributed by atoms with Crippen molar-refractivity contribution in [1.29, 1.82) is 0 Å². The minimum atomic E-state index is -0.438. The van der Waals surface area contributed by atoms with E-state index in [4.69, 9.17) is 5.73 Å². The Morgan fingerprint density at radius 3 is 1.25 bits per heavy atom. The second-order valence-corrected chi connectivity index (χ2v) is 8.73. The summed E-state index contributed by atoms with van der Waals surface area (Å²) in [6.07, 6.45) is 0. The Kier molecular flexibility index (Phi) is 8.24. The zero-order valence-electron chi connectivity index (χ0n) is 16.7. The number of benzene rings is 4. The van der Waals surface area contributed by atoms with Gasteiger partial charge in [0.05, 0.1) is 4.92 Å². The van der Waals surface area contributed by atoms with Gasteiger partial charge < -0.3 is 5.73 Å². The number of nitro groups is 1. The molecule has 0 aliphatic carbocycles. The van der Waals surface area contributed by atoms with E-state index in [1.54, 1.807) is 48.2 Å². The van der Waals surface area contributed by atoms with Gasteiger partial charge in [-0.05, 0) is 84.9 Å². The standard InChI is InChI=1S/C12H8FNO2S.C12H10FNS/c13-9-1-5-11(6-2-9)17-12-7-3-10(4-8-12)14(15)16;13-9-1-5-11(6-2-9)15-12-7-3-10(14)4-8-12/h1-8H;1-8H,14H2. The first kappa shape index (κ1) is 23.3. The van der Waals surface area contributed by atoms with Crippen LogP contribution in [0.15, 0.2) is 117 Å². The summed E-state index contributed by atoms with van der Waals surface area (Å²) < 4.78 is 25.3. The lowest BCUT2D eigenvalue weighted by Crippen LogP contribution is -1.86. The molecule has 32 heavy (non-hydrogen) atoms. The maximum Gasteiger partial charge on any atom is 0.269 e. The third-order valence-corrected chi connectivity index (χ3v) is 6.06. The molecule has 0 radical (unpaired) electrons. The number of anilines is 1. The van der Waals surface area contributed by atoms with Crippen LogP contribution in [0, 0.1) is 21.7 Å². The fourth-order valence-electron chi connectivity index (χ4n) is 2.45. The van der Waals surface area contributed by atoms with Gasteiger partial charge in [-0.1, -0.05) is 23.5 Å². The summed E-state index contributed by atoms with van der Waals surface area (Å²) in [4.78, 5) is 13.9. The molecule has 0 bridgehead atoms. The zero-order chi connectivity index (χ0) is 22.9. The maximum atomic E-state index is 12.7. The summed E-state index contributed by atoms with van der Waals surface area (Å²) in [7, 11) is 0. The SMILES string of the molecule is Nc1ccc(Sc2ccc(F)cc2)cc1.O=[N+]([O-])c1ccc(Sc2ccc(F)cc2)cc1. The van der Waals surface area contributed by atoms with Gasteiger partial charge in [0.25, 0.3) is 5.69 Å². The largest absolute Gasteiger partial charge is 0.399 e. The molecule has 0 aromatic heterocycles. The molecular weight excluding hydrogens is 450 g/mol. The van der Waals surface area contributed by atoms with Gasteiger partial charge in [0.2, 0.25) is 0 Å². The van der Waals surface area contributed by atoms with Crippen LogP contribution in [0.5, 0.6) is 0 Å². The average molecular weight is 469 g/mol. The van der Waals surface area contributed by atoms with Gasteiger partial charge in [-0.25, -0.2) is 8.78 Å². The highest BCUT2D eigenvalue weighted by atomic mass is 32.2. The van der Waals surface area contributed by atoms with E-state index in [0.717, 1.165) is 25.3 Å². The van der Waals surface area contributed by atoms with Crippen LogP contribution in [0.4, 0.5) is 20.2 Å². The van der Waals surface area contributed by atoms with E-state index >= 15 is 0 Å². The van der Waals surface area contributed by atoms with Crippen molar-refractivity contribution in [1.82, 2.24) is 0 Å². The minimum Gasteiger partial charge on any atom is -0.399 e. The van der Waals surface area contributed by atoms with E-state index in [9.17, 15) is 18.9 Å². The zero-order valence-corrected chi connectivity index (χ0v) is 18.3. The highest BCUT2D eigenvalue weighted by Gasteiger charge is 2.04. The third-order valence-electron chi connectivity index (χ3n) is 4.03. The van der Waals surface area contributed by atoms with E-state index in [1.165, 1.54) is 48.2 Å². The number of hydrogen-bond donors (Lipinski definition) is 1. The lowest BCUT2D eigenvalue weighted by molar-refractivity contribution is -0.384. The van der Waals surface area contributed by atoms with E-state index in [0.29, 0.717) is 0 Å². The maximum absolute atomic E-state index is 12.7. The van der Waals surface area contributed by atoms with Gasteiger partial charge in [-0.15, -0.1) is 0 Å². The first-order valence-corrected chi connectivity index (χ1v) is 11.0. The molecule has 0 saturated carbocycles. The molecule has 0 spiro atoms. The summed E-state index contributed by atoms with van der Waals surface area (Å²) in [5, 5.41) is 10.5. The van der Waals surface area contributed by atoms with Gasteiger partial charge in [0.15, 0.2) is 0 Å². The normalized spacial score (nSPS) is 10.2. The molecule has 4 aromatic carbocycles. The molecule has 0 aliphatic heterocycles. The van der Waals surface area contributed by atoms with Gasteiger partial charge in [0.1, 0.15) is 11.6 Å². The minimum absolute atomic E-state index is 0.0634.